The Morgan fingerprint density at radius 2 is 1.81 bits per heavy atom. The fourth-order valence-corrected chi connectivity index (χ4v) is 4.88. The van der Waals surface area contributed by atoms with E-state index in [0.717, 1.165) is 24.2 Å². The minimum atomic E-state index is -0.302. The van der Waals surface area contributed by atoms with Crippen LogP contribution in [0.25, 0.3) is 0 Å². The van der Waals surface area contributed by atoms with Gasteiger partial charge < -0.3 is 4.74 Å². The predicted octanol–water partition coefficient (Wildman–Crippen LogP) is 3.42. The standard InChI is InChI=1S/C21H24N2O3S/c24-20(16-11-14-7-5-6-9-17(14)26-13-16)22-23-21(25)19-12-15-8-3-1-2-4-10-18(15)27-19/h5-7,9,12,16H,1-4,8,10-11,13H2,(H,22,24)(H,23,25). The molecule has 2 aromatic rings. The number of carbonyl (C=O) groups excluding carboxylic acids is 2. The lowest BCUT2D eigenvalue weighted by atomic mass is 9.96. The number of aryl methyl sites for hydroxylation is 2. The van der Waals surface area contributed by atoms with Gasteiger partial charge in [-0.3, -0.25) is 20.4 Å². The summed E-state index contributed by atoms with van der Waals surface area (Å²) < 4.78 is 5.66. The van der Waals surface area contributed by atoms with E-state index in [1.165, 1.54) is 36.1 Å². The highest BCUT2D eigenvalue weighted by Crippen LogP contribution is 2.29. The van der Waals surface area contributed by atoms with Crippen molar-refractivity contribution in [3.05, 3.63) is 51.2 Å². The number of carbonyl (C=O) groups is 2. The van der Waals surface area contributed by atoms with Crippen LogP contribution in [0.5, 0.6) is 5.75 Å². The first kappa shape index (κ1) is 18.0. The number of hydrazine groups is 1. The van der Waals surface area contributed by atoms with E-state index in [-0.39, 0.29) is 17.7 Å². The second kappa shape index (κ2) is 8.13. The summed E-state index contributed by atoms with van der Waals surface area (Å²) in [6.45, 7) is 0.325. The van der Waals surface area contributed by atoms with Crippen LogP contribution in [0.3, 0.4) is 0 Å². The van der Waals surface area contributed by atoms with Crippen molar-refractivity contribution < 1.29 is 14.3 Å². The van der Waals surface area contributed by atoms with E-state index in [0.29, 0.717) is 17.9 Å². The summed E-state index contributed by atoms with van der Waals surface area (Å²) in [6, 6.07) is 9.73. The molecule has 1 unspecified atom stereocenters. The molecule has 1 aromatic heterocycles. The number of rotatable bonds is 2. The number of hydrogen-bond donors (Lipinski definition) is 2. The molecule has 1 aliphatic carbocycles. The first-order chi connectivity index (χ1) is 13.2. The maximum absolute atomic E-state index is 12.5. The second-order valence-electron chi connectivity index (χ2n) is 7.24. The summed E-state index contributed by atoms with van der Waals surface area (Å²) in [5, 5.41) is 0. The maximum Gasteiger partial charge on any atom is 0.279 e. The molecule has 1 aliphatic heterocycles. The summed E-state index contributed by atoms with van der Waals surface area (Å²) >= 11 is 1.56. The average molecular weight is 385 g/mol. The van der Waals surface area contributed by atoms with Crippen molar-refractivity contribution in [1.82, 2.24) is 10.9 Å². The van der Waals surface area contributed by atoms with E-state index in [9.17, 15) is 9.59 Å². The predicted molar refractivity (Wildman–Crippen MR) is 105 cm³/mol. The van der Waals surface area contributed by atoms with E-state index >= 15 is 0 Å². The molecule has 1 atom stereocenters. The van der Waals surface area contributed by atoms with Crippen LogP contribution >= 0.6 is 11.3 Å². The third-order valence-electron chi connectivity index (χ3n) is 5.27. The SMILES string of the molecule is O=C(NNC(=O)C1COc2ccccc2C1)c1cc2c(s1)CCCCCC2. The van der Waals surface area contributed by atoms with Gasteiger partial charge in [0.1, 0.15) is 12.4 Å². The zero-order chi connectivity index (χ0) is 18.6. The summed E-state index contributed by atoms with van der Waals surface area (Å²) in [6.07, 6.45) is 7.62. The van der Waals surface area contributed by atoms with Gasteiger partial charge in [0.05, 0.1) is 10.8 Å². The maximum atomic E-state index is 12.5. The molecule has 2 aliphatic rings. The molecule has 0 saturated heterocycles. The lowest BCUT2D eigenvalue weighted by molar-refractivity contribution is -0.127. The van der Waals surface area contributed by atoms with Crippen LogP contribution in [-0.4, -0.2) is 18.4 Å². The number of benzene rings is 1. The van der Waals surface area contributed by atoms with Crippen LogP contribution in [0, 0.1) is 5.92 Å². The Bertz CT molecular complexity index is 820. The van der Waals surface area contributed by atoms with Gasteiger partial charge >= 0.3 is 0 Å². The molecule has 4 rings (SSSR count). The van der Waals surface area contributed by atoms with Crippen molar-refractivity contribution >= 4 is 23.2 Å². The number of ether oxygens (including phenoxy) is 1. The molecule has 142 valence electrons. The van der Waals surface area contributed by atoms with Crippen molar-refractivity contribution in [2.45, 2.75) is 44.9 Å². The van der Waals surface area contributed by atoms with E-state index in [1.807, 2.05) is 30.3 Å². The van der Waals surface area contributed by atoms with Crippen molar-refractivity contribution in [3.8, 4) is 5.75 Å². The molecule has 0 spiro atoms. The van der Waals surface area contributed by atoms with Gasteiger partial charge in [0.2, 0.25) is 5.91 Å². The van der Waals surface area contributed by atoms with Crippen LogP contribution in [0.4, 0.5) is 0 Å². The minimum Gasteiger partial charge on any atom is -0.492 e. The molecule has 2 heterocycles. The zero-order valence-corrected chi connectivity index (χ0v) is 16.1. The van der Waals surface area contributed by atoms with Gasteiger partial charge in [-0.05, 0) is 55.4 Å². The number of fused-ring (bicyclic) bond motifs is 2. The molecule has 0 fully saturated rings. The van der Waals surface area contributed by atoms with E-state index in [4.69, 9.17) is 4.74 Å². The molecule has 5 nitrogen and oxygen atoms in total. The van der Waals surface area contributed by atoms with Gasteiger partial charge in [-0.15, -0.1) is 11.3 Å². The lowest BCUT2D eigenvalue weighted by Gasteiger charge is -2.24. The second-order valence-corrected chi connectivity index (χ2v) is 8.37. The molecule has 1 aromatic carbocycles. The monoisotopic (exact) mass is 384 g/mol. The highest BCUT2D eigenvalue weighted by atomic mass is 32.1. The molecule has 27 heavy (non-hydrogen) atoms. The molecule has 2 N–H and O–H groups in total. The molecular formula is C21H24N2O3S. The quantitative estimate of drug-likeness (QED) is 0.780. The van der Waals surface area contributed by atoms with Gasteiger partial charge in [-0.25, -0.2) is 0 Å². The fraction of sp³-hybridized carbons (Fsp3) is 0.429. The highest BCUT2D eigenvalue weighted by Gasteiger charge is 2.26. The summed E-state index contributed by atoms with van der Waals surface area (Å²) in [5.41, 5.74) is 7.47. The summed E-state index contributed by atoms with van der Waals surface area (Å²) in [7, 11) is 0. The molecule has 2 amide bonds. The lowest BCUT2D eigenvalue weighted by Crippen LogP contribution is -2.46. The summed E-state index contributed by atoms with van der Waals surface area (Å²) in [4.78, 5) is 26.9. The Balaban J connectivity index is 1.34. The van der Waals surface area contributed by atoms with Gasteiger partial charge in [-0.2, -0.15) is 0 Å². The van der Waals surface area contributed by atoms with Gasteiger partial charge in [-0.1, -0.05) is 31.0 Å². The number of para-hydroxylation sites is 1. The van der Waals surface area contributed by atoms with Crippen molar-refractivity contribution in [2.24, 2.45) is 5.92 Å². The Morgan fingerprint density at radius 1 is 1.00 bits per heavy atom. The first-order valence-corrected chi connectivity index (χ1v) is 10.4. The topological polar surface area (TPSA) is 67.4 Å². The number of thiophene rings is 1. The zero-order valence-electron chi connectivity index (χ0n) is 15.3. The Hall–Kier alpha value is -2.34. The fourth-order valence-electron chi connectivity index (χ4n) is 3.73. The van der Waals surface area contributed by atoms with Crippen molar-refractivity contribution in [2.75, 3.05) is 6.61 Å². The number of nitrogens with one attached hydrogen (secondary N) is 2. The van der Waals surface area contributed by atoms with E-state index in [1.54, 1.807) is 11.3 Å². The van der Waals surface area contributed by atoms with Crippen LogP contribution in [0.2, 0.25) is 0 Å². The normalized spacial score (nSPS) is 18.9. The third kappa shape index (κ3) is 4.16. The van der Waals surface area contributed by atoms with E-state index in [2.05, 4.69) is 10.9 Å². The van der Waals surface area contributed by atoms with Gasteiger partial charge in [0.25, 0.3) is 5.91 Å². The molecule has 0 saturated carbocycles. The van der Waals surface area contributed by atoms with Crippen LogP contribution < -0.4 is 15.6 Å². The highest BCUT2D eigenvalue weighted by molar-refractivity contribution is 7.14. The number of amides is 2. The Labute approximate surface area is 163 Å². The van der Waals surface area contributed by atoms with Crippen LogP contribution in [-0.2, 0) is 24.1 Å². The van der Waals surface area contributed by atoms with Gasteiger partial charge in [0, 0.05) is 4.88 Å². The number of hydrogen-bond acceptors (Lipinski definition) is 4. The van der Waals surface area contributed by atoms with Crippen molar-refractivity contribution in [1.29, 1.82) is 0 Å². The average Bonchev–Trinajstić information content (AvgIpc) is 3.07. The summed E-state index contributed by atoms with van der Waals surface area (Å²) in [5.74, 6) is 0.0790. The van der Waals surface area contributed by atoms with E-state index < -0.39 is 0 Å². The Kier molecular flexibility index (Phi) is 5.43. The first-order valence-electron chi connectivity index (χ1n) is 9.63. The molecule has 6 heteroatoms. The third-order valence-corrected chi connectivity index (χ3v) is 6.51. The minimum absolute atomic E-state index is 0.215. The molecule has 0 radical (unpaired) electrons. The molecule has 0 bridgehead atoms. The van der Waals surface area contributed by atoms with Crippen LogP contribution in [0.15, 0.2) is 30.3 Å². The smallest absolute Gasteiger partial charge is 0.279 e. The van der Waals surface area contributed by atoms with Gasteiger partial charge in [0.15, 0.2) is 0 Å². The Morgan fingerprint density at radius 3 is 2.70 bits per heavy atom. The van der Waals surface area contributed by atoms with Crippen LogP contribution in [0.1, 0.15) is 51.4 Å². The van der Waals surface area contributed by atoms with Crippen molar-refractivity contribution in [3.63, 3.8) is 0 Å². The molecular weight excluding hydrogens is 360 g/mol. The largest absolute Gasteiger partial charge is 0.492 e.